The number of para-hydroxylation sites is 1. The second-order valence-corrected chi connectivity index (χ2v) is 14.6. The first kappa shape index (κ1) is 36.0. The second-order valence-electron chi connectivity index (χ2n) is 14.6. The van der Waals surface area contributed by atoms with E-state index in [9.17, 15) is 5.26 Å². The molecule has 8 aromatic carbocycles. The lowest BCUT2D eigenvalue weighted by atomic mass is 9.93. The highest BCUT2D eigenvalue weighted by molar-refractivity contribution is 5.94. The topological polar surface area (TPSA) is 75.3 Å². The van der Waals surface area contributed by atoms with Crippen LogP contribution in [0.4, 0.5) is 0 Å². The molecule has 0 N–H and O–H groups in total. The third-order valence-electron chi connectivity index (χ3n) is 10.8. The molecule has 0 spiro atoms. The fourth-order valence-electron chi connectivity index (χ4n) is 7.70. The molecular weight excluding hydrogens is 731 g/mol. The number of rotatable bonds is 8. The van der Waals surface area contributed by atoms with E-state index in [0.717, 1.165) is 89.2 Å². The van der Waals surface area contributed by atoms with Gasteiger partial charge in [0.05, 0.1) is 34.2 Å². The number of fused-ring (bicyclic) bond motifs is 1. The molecule has 280 valence electrons. The quantitative estimate of drug-likeness (QED) is 0.154. The minimum absolute atomic E-state index is 0.634. The molecule has 10 aromatic rings. The Morgan fingerprint density at radius 1 is 0.317 bits per heavy atom. The monoisotopic (exact) mass is 765 g/mol. The first-order valence-electron chi connectivity index (χ1n) is 19.9. The van der Waals surface area contributed by atoms with Crippen LogP contribution in [-0.2, 0) is 0 Å². The van der Waals surface area contributed by atoms with Crippen molar-refractivity contribution in [3.05, 3.63) is 218 Å². The molecule has 60 heavy (non-hydrogen) atoms. The van der Waals surface area contributed by atoms with Gasteiger partial charge >= 0.3 is 0 Å². The average Bonchev–Trinajstić information content (AvgIpc) is 3.34. The number of hydrogen-bond acceptors (Lipinski definition) is 5. The molecular formula is C55H35N5. The molecule has 10 rings (SSSR count). The molecule has 5 nitrogen and oxygen atoms in total. The first-order chi connectivity index (χ1) is 29.7. The van der Waals surface area contributed by atoms with Crippen LogP contribution in [0.3, 0.4) is 0 Å². The Kier molecular flexibility index (Phi) is 9.55. The maximum atomic E-state index is 9.33. The summed E-state index contributed by atoms with van der Waals surface area (Å²) in [5, 5.41) is 10.4. The molecule has 0 aliphatic rings. The van der Waals surface area contributed by atoms with Gasteiger partial charge in [-0.15, -0.1) is 0 Å². The van der Waals surface area contributed by atoms with E-state index in [1.807, 2.05) is 91.0 Å². The van der Waals surface area contributed by atoms with Crippen molar-refractivity contribution in [2.75, 3.05) is 0 Å². The molecule has 2 aromatic heterocycles. The lowest BCUT2D eigenvalue weighted by molar-refractivity contribution is 1.18. The molecule has 0 atom stereocenters. The van der Waals surface area contributed by atoms with Gasteiger partial charge in [0.2, 0.25) is 0 Å². The highest BCUT2D eigenvalue weighted by Crippen LogP contribution is 2.37. The van der Waals surface area contributed by atoms with Crippen molar-refractivity contribution in [1.29, 1.82) is 5.26 Å². The molecule has 0 saturated heterocycles. The predicted molar refractivity (Wildman–Crippen MR) is 243 cm³/mol. The van der Waals surface area contributed by atoms with Crippen LogP contribution >= 0.6 is 0 Å². The van der Waals surface area contributed by atoms with E-state index < -0.39 is 0 Å². The van der Waals surface area contributed by atoms with Crippen molar-refractivity contribution in [3.63, 3.8) is 0 Å². The fourth-order valence-corrected chi connectivity index (χ4v) is 7.70. The van der Waals surface area contributed by atoms with Crippen LogP contribution in [0.15, 0.2) is 212 Å². The minimum Gasteiger partial charge on any atom is -0.228 e. The Hall–Kier alpha value is -8.33. The summed E-state index contributed by atoms with van der Waals surface area (Å²) < 4.78 is 0. The molecule has 2 heterocycles. The summed E-state index contributed by atoms with van der Waals surface area (Å²) in [5.74, 6) is 1.35. The minimum atomic E-state index is 0.634. The maximum absolute atomic E-state index is 9.33. The second kappa shape index (κ2) is 15.9. The SMILES string of the molecule is N#Cc1ccc(-c2cccc(-c3cc(-c4ccccc4-c4cccc(-c5ccc(-c6nc(-c7ccccc7)c7ccccc7n6)cc5)c4)nc(-c4ccccc4)n3)c2)cc1. The van der Waals surface area contributed by atoms with Gasteiger partial charge < -0.3 is 0 Å². The van der Waals surface area contributed by atoms with Gasteiger partial charge in [0.1, 0.15) is 0 Å². The molecule has 0 fully saturated rings. The Bertz CT molecular complexity index is 3190. The average molecular weight is 766 g/mol. The van der Waals surface area contributed by atoms with Crippen molar-refractivity contribution < 1.29 is 0 Å². The van der Waals surface area contributed by atoms with E-state index >= 15 is 0 Å². The van der Waals surface area contributed by atoms with Crippen molar-refractivity contribution in [2.45, 2.75) is 0 Å². The van der Waals surface area contributed by atoms with Crippen LogP contribution < -0.4 is 0 Å². The third kappa shape index (κ3) is 7.22. The molecule has 0 aliphatic heterocycles. The highest BCUT2D eigenvalue weighted by atomic mass is 14.9. The van der Waals surface area contributed by atoms with Crippen LogP contribution in [0.2, 0.25) is 0 Å². The lowest BCUT2D eigenvalue weighted by Gasteiger charge is -2.14. The molecule has 0 radical (unpaired) electrons. The number of nitriles is 1. The van der Waals surface area contributed by atoms with Gasteiger partial charge in [0, 0.05) is 33.2 Å². The summed E-state index contributed by atoms with van der Waals surface area (Å²) in [5.41, 5.74) is 15.5. The number of benzene rings is 8. The van der Waals surface area contributed by atoms with E-state index in [0.29, 0.717) is 17.2 Å². The van der Waals surface area contributed by atoms with Gasteiger partial charge in [0.25, 0.3) is 0 Å². The maximum Gasteiger partial charge on any atom is 0.160 e. The van der Waals surface area contributed by atoms with Crippen LogP contribution in [0.1, 0.15) is 5.56 Å². The molecule has 0 unspecified atom stereocenters. The van der Waals surface area contributed by atoms with Crippen molar-refractivity contribution >= 4 is 10.9 Å². The van der Waals surface area contributed by atoms with Gasteiger partial charge in [-0.2, -0.15) is 5.26 Å². The molecule has 0 amide bonds. The highest BCUT2D eigenvalue weighted by Gasteiger charge is 2.16. The fraction of sp³-hybridized carbons (Fsp3) is 0. The lowest BCUT2D eigenvalue weighted by Crippen LogP contribution is -1.97. The van der Waals surface area contributed by atoms with Crippen molar-refractivity contribution in [3.8, 4) is 96.0 Å². The standard InChI is InChI=1S/C55H35N5/c56-36-37-25-27-38(28-26-37)44-18-12-20-46(34-44)51-35-52(59-54(58-51)41-15-5-2-6-16-41)48-22-8-7-21-47(48)45-19-11-17-43(33-45)39-29-31-42(32-30-39)55-57-50-24-10-9-23-49(50)53(60-55)40-13-3-1-4-14-40/h1-35H. The van der Waals surface area contributed by atoms with Crippen molar-refractivity contribution in [2.24, 2.45) is 0 Å². The summed E-state index contributed by atoms with van der Waals surface area (Å²) in [4.78, 5) is 20.4. The van der Waals surface area contributed by atoms with Crippen LogP contribution in [0, 0.1) is 11.3 Å². The number of nitrogens with zero attached hydrogens (tertiary/aromatic N) is 5. The molecule has 0 saturated carbocycles. The Morgan fingerprint density at radius 3 is 1.53 bits per heavy atom. The molecule has 0 bridgehead atoms. The predicted octanol–water partition coefficient (Wildman–Crippen LogP) is 13.6. The summed E-state index contributed by atoms with van der Waals surface area (Å²) in [6.07, 6.45) is 0. The van der Waals surface area contributed by atoms with Gasteiger partial charge in [-0.3, -0.25) is 0 Å². The zero-order valence-electron chi connectivity index (χ0n) is 32.4. The molecule has 0 aliphatic carbocycles. The van der Waals surface area contributed by atoms with Gasteiger partial charge in [-0.05, 0) is 69.8 Å². The largest absolute Gasteiger partial charge is 0.228 e. The summed E-state index contributed by atoms with van der Waals surface area (Å²) in [7, 11) is 0. The van der Waals surface area contributed by atoms with E-state index in [1.165, 1.54) is 0 Å². The zero-order chi connectivity index (χ0) is 40.3. The number of hydrogen-bond donors (Lipinski definition) is 0. The molecule has 5 heteroatoms. The first-order valence-corrected chi connectivity index (χ1v) is 19.9. The van der Waals surface area contributed by atoms with E-state index in [2.05, 4.69) is 127 Å². The third-order valence-corrected chi connectivity index (χ3v) is 10.8. The Labute approximate surface area is 348 Å². The van der Waals surface area contributed by atoms with Crippen LogP contribution in [-0.4, -0.2) is 19.9 Å². The van der Waals surface area contributed by atoms with Crippen LogP contribution in [0.5, 0.6) is 0 Å². The summed E-state index contributed by atoms with van der Waals surface area (Å²) >= 11 is 0. The van der Waals surface area contributed by atoms with Crippen molar-refractivity contribution in [1.82, 2.24) is 19.9 Å². The van der Waals surface area contributed by atoms with E-state index in [4.69, 9.17) is 19.9 Å². The van der Waals surface area contributed by atoms with Gasteiger partial charge in [-0.25, -0.2) is 19.9 Å². The van der Waals surface area contributed by atoms with Crippen LogP contribution in [0.25, 0.3) is 101 Å². The smallest absolute Gasteiger partial charge is 0.160 e. The number of aromatic nitrogens is 4. The van der Waals surface area contributed by atoms with Gasteiger partial charge in [0.15, 0.2) is 11.6 Å². The zero-order valence-corrected chi connectivity index (χ0v) is 32.4. The van der Waals surface area contributed by atoms with E-state index in [1.54, 1.807) is 0 Å². The summed E-state index contributed by atoms with van der Waals surface area (Å²) in [6.45, 7) is 0. The van der Waals surface area contributed by atoms with Gasteiger partial charge in [-0.1, -0.05) is 176 Å². The summed E-state index contributed by atoms with van der Waals surface area (Å²) in [6, 6.07) is 74.6. The van der Waals surface area contributed by atoms with E-state index in [-0.39, 0.29) is 0 Å². The Balaban J connectivity index is 1.01. The normalized spacial score (nSPS) is 11.0. The Morgan fingerprint density at radius 2 is 0.817 bits per heavy atom.